The van der Waals surface area contributed by atoms with Gasteiger partial charge in [0, 0.05) is 47.0 Å². The number of nitro benzene ring substituents is 1. The first kappa shape index (κ1) is 14.4. The first-order valence-electron chi connectivity index (χ1n) is 6.07. The molecule has 2 rings (SSSR count). The highest BCUT2D eigenvalue weighted by Crippen LogP contribution is 2.22. The Morgan fingerprint density at radius 3 is 2.68 bits per heavy atom. The van der Waals surface area contributed by atoms with Crippen molar-refractivity contribution in [2.75, 3.05) is 11.5 Å². The molecule has 0 aromatic heterocycles. The second-order valence-corrected chi connectivity index (χ2v) is 6.64. The Hall–Kier alpha value is -0.980. The summed E-state index contributed by atoms with van der Waals surface area (Å²) < 4.78 is 11.2. The van der Waals surface area contributed by atoms with E-state index in [4.69, 9.17) is 11.6 Å². The van der Waals surface area contributed by atoms with Crippen molar-refractivity contribution in [1.29, 1.82) is 0 Å². The molecule has 0 saturated carbocycles. The highest BCUT2D eigenvalue weighted by Gasteiger charge is 2.17. The second kappa shape index (κ2) is 6.45. The van der Waals surface area contributed by atoms with E-state index in [-0.39, 0.29) is 5.69 Å². The van der Waals surface area contributed by atoms with Gasteiger partial charge in [-0.2, -0.15) is 0 Å². The van der Waals surface area contributed by atoms with Crippen LogP contribution >= 0.6 is 11.6 Å². The number of hydrogen-bond acceptors (Lipinski definition) is 4. The first-order chi connectivity index (χ1) is 9.06. The minimum Gasteiger partial charge on any atom is -0.310 e. The Balaban J connectivity index is 1.92. The molecule has 104 valence electrons. The van der Waals surface area contributed by atoms with Crippen molar-refractivity contribution in [1.82, 2.24) is 5.32 Å². The molecule has 0 aliphatic carbocycles. The van der Waals surface area contributed by atoms with Gasteiger partial charge in [-0.3, -0.25) is 14.3 Å². The van der Waals surface area contributed by atoms with Crippen molar-refractivity contribution in [2.45, 2.75) is 25.4 Å². The molecule has 1 N–H and O–H groups in total. The highest BCUT2D eigenvalue weighted by atomic mass is 35.5. The predicted octanol–water partition coefficient (Wildman–Crippen LogP) is 2.25. The molecule has 1 aliphatic heterocycles. The molecule has 1 saturated heterocycles. The molecular formula is C12H15ClN2O3S. The van der Waals surface area contributed by atoms with E-state index in [9.17, 15) is 14.3 Å². The number of nitrogens with one attached hydrogen (secondary N) is 1. The zero-order valence-corrected chi connectivity index (χ0v) is 11.9. The molecule has 1 aliphatic rings. The standard InChI is InChI=1S/C12H15ClN2O3S/c13-12-7-11(15(16)17)2-1-9(12)8-14-10-3-5-19(18)6-4-10/h1-2,7,10,14H,3-6,8H2. The molecule has 1 fully saturated rings. The molecule has 1 aromatic carbocycles. The molecular weight excluding hydrogens is 288 g/mol. The fraction of sp³-hybridized carbons (Fsp3) is 0.500. The average molecular weight is 303 g/mol. The Morgan fingerprint density at radius 2 is 2.11 bits per heavy atom. The summed E-state index contributed by atoms with van der Waals surface area (Å²) in [5, 5.41) is 14.4. The van der Waals surface area contributed by atoms with Gasteiger partial charge in [-0.15, -0.1) is 0 Å². The molecule has 0 unspecified atom stereocenters. The monoisotopic (exact) mass is 302 g/mol. The summed E-state index contributed by atoms with van der Waals surface area (Å²) in [6.07, 6.45) is 1.80. The maximum Gasteiger partial charge on any atom is 0.270 e. The predicted molar refractivity (Wildman–Crippen MR) is 75.8 cm³/mol. The molecule has 0 bridgehead atoms. The van der Waals surface area contributed by atoms with Gasteiger partial charge in [0.05, 0.1) is 9.95 Å². The molecule has 1 aromatic rings. The lowest BCUT2D eigenvalue weighted by molar-refractivity contribution is -0.384. The quantitative estimate of drug-likeness (QED) is 0.684. The number of hydrogen-bond donors (Lipinski definition) is 1. The Bertz CT molecular complexity index is 500. The summed E-state index contributed by atoms with van der Waals surface area (Å²) >= 11 is 6.02. The second-order valence-electron chi connectivity index (χ2n) is 4.54. The van der Waals surface area contributed by atoms with E-state index >= 15 is 0 Å². The fourth-order valence-corrected chi connectivity index (χ4v) is 3.59. The lowest BCUT2D eigenvalue weighted by Gasteiger charge is -2.22. The summed E-state index contributed by atoms with van der Waals surface area (Å²) in [4.78, 5) is 10.1. The van der Waals surface area contributed by atoms with Crippen LogP contribution in [0.2, 0.25) is 5.02 Å². The van der Waals surface area contributed by atoms with Crippen LogP contribution in [0.15, 0.2) is 18.2 Å². The molecule has 5 nitrogen and oxygen atoms in total. The van der Waals surface area contributed by atoms with Crippen LogP contribution in [0, 0.1) is 10.1 Å². The van der Waals surface area contributed by atoms with Crippen molar-refractivity contribution in [3.05, 3.63) is 38.9 Å². The van der Waals surface area contributed by atoms with Gasteiger partial charge in [-0.25, -0.2) is 0 Å². The molecule has 1 heterocycles. The van der Waals surface area contributed by atoms with Crippen molar-refractivity contribution in [3.63, 3.8) is 0 Å². The summed E-state index contributed by atoms with van der Waals surface area (Å²) in [6, 6.07) is 4.85. The maximum atomic E-state index is 11.2. The minimum absolute atomic E-state index is 0.00168. The number of benzene rings is 1. The van der Waals surface area contributed by atoms with E-state index in [0.717, 1.165) is 29.9 Å². The smallest absolute Gasteiger partial charge is 0.270 e. The van der Waals surface area contributed by atoms with Gasteiger partial charge < -0.3 is 5.32 Å². The average Bonchev–Trinajstić information content (AvgIpc) is 2.39. The van der Waals surface area contributed by atoms with Crippen molar-refractivity contribution < 1.29 is 9.13 Å². The SMILES string of the molecule is O=[N+]([O-])c1ccc(CNC2CCS(=O)CC2)c(Cl)c1. The lowest BCUT2D eigenvalue weighted by atomic mass is 10.1. The summed E-state index contributed by atoms with van der Waals surface area (Å²) in [7, 11) is -0.663. The van der Waals surface area contributed by atoms with Gasteiger partial charge in [0.2, 0.25) is 0 Å². The van der Waals surface area contributed by atoms with Gasteiger partial charge in [-0.05, 0) is 24.5 Å². The van der Waals surface area contributed by atoms with Crippen LogP contribution in [0.3, 0.4) is 0 Å². The summed E-state index contributed by atoms with van der Waals surface area (Å²) in [6.45, 7) is 0.578. The van der Waals surface area contributed by atoms with Crippen molar-refractivity contribution in [2.24, 2.45) is 0 Å². The fourth-order valence-electron chi connectivity index (χ4n) is 2.05. The zero-order chi connectivity index (χ0) is 13.8. The number of halogens is 1. The summed E-state index contributed by atoms with van der Waals surface area (Å²) in [5.41, 5.74) is 0.848. The van der Waals surface area contributed by atoms with Crippen molar-refractivity contribution >= 4 is 28.1 Å². The maximum absolute atomic E-state index is 11.2. The van der Waals surface area contributed by atoms with Crippen LogP contribution in [-0.2, 0) is 17.3 Å². The van der Waals surface area contributed by atoms with E-state index in [2.05, 4.69) is 5.32 Å². The van der Waals surface area contributed by atoms with Gasteiger partial charge in [0.1, 0.15) is 0 Å². The molecule has 0 atom stereocenters. The minimum atomic E-state index is -0.663. The van der Waals surface area contributed by atoms with E-state index in [1.54, 1.807) is 6.07 Å². The van der Waals surface area contributed by atoms with Gasteiger partial charge in [0.15, 0.2) is 0 Å². The number of nitrogens with zero attached hydrogens (tertiary/aromatic N) is 1. The van der Waals surface area contributed by atoms with Crippen LogP contribution < -0.4 is 5.32 Å². The van der Waals surface area contributed by atoms with Crippen molar-refractivity contribution in [3.8, 4) is 0 Å². The molecule has 0 spiro atoms. The van der Waals surface area contributed by atoms with Gasteiger partial charge in [-0.1, -0.05) is 11.6 Å². The van der Waals surface area contributed by atoms with Crippen LogP contribution in [0.4, 0.5) is 5.69 Å². The Morgan fingerprint density at radius 1 is 1.42 bits per heavy atom. The third-order valence-corrected chi connectivity index (χ3v) is 4.95. The van der Waals surface area contributed by atoms with Crippen LogP contribution in [-0.4, -0.2) is 26.7 Å². The molecule has 0 radical (unpaired) electrons. The summed E-state index contributed by atoms with van der Waals surface area (Å²) in [5.74, 6) is 1.48. The number of nitro groups is 1. The topological polar surface area (TPSA) is 72.2 Å². The first-order valence-corrected chi connectivity index (χ1v) is 7.94. The van der Waals surface area contributed by atoms with Gasteiger partial charge in [0.25, 0.3) is 5.69 Å². The van der Waals surface area contributed by atoms with Gasteiger partial charge >= 0.3 is 0 Å². The Kier molecular flexibility index (Phi) is 4.90. The third-order valence-electron chi connectivity index (χ3n) is 3.22. The number of rotatable bonds is 4. The largest absolute Gasteiger partial charge is 0.310 e. The van der Waals surface area contributed by atoms with E-state index in [0.29, 0.717) is 17.6 Å². The van der Waals surface area contributed by atoms with Crippen LogP contribution in [0.1, 0.15) is 18.4 Å². The van der Waals surface area contributed by atoms with Crippen LogP contribution in [0.5, 0.6) is 0 Å². The number of non-ortho nitro benzene ring substituents is 1. The van der Waals surface area contributed by atoms with E-state index in [1.807, 2.05) is 0 Å². The molecule has 7 heteroatoms. The molecule has 19 heavy (non-hydrogen) atoms. The lowest BCUT2D eigenvalue weighted by Crippen LogP contribution is -2.35. The van der Waals surface area contributed by atoms with E-state index < -0.39 is 15.7 Å². The zero-order valence-electron chi connectivity index (χ0n) is 10.3. The normalized spacial score (nSPS) is 23.2. The van der Waals surface area contributed by atoms with Crippen LogP contribution in [0.25, 0.3) is 0 Å². The highest BCUT2D eigenvalue weighted by molar-refractivity contribution is 7.85. The Labute approximate surface area is 118 Å². The third kappa shape index (κ3) is 3.99. The molecule has 0 amide bonds. The van der Waals surface area contributed by atoms with E-state index in [1.165, 1.54) is 12.1 Å².